The Morgan fingerprint density at radius 2 is 2.31 bits per heavy atom. The van der Waals surface area contributed by atoms with Crippen molar-refractivity contribution in [3.05, 3.63) is 29.3 Å². The van der Waals surface area contributed by atoms with Crippen molar-refractivity contribution in [2.45, 2.75) is 25.9 Å². The zero-order chi connectivity index (χ0) is 11.5. The smallest absolute Gasteiger partial charge is 0.0802 e. The standard InChI is InChI=1S/C13H20N2O/c1-2-15-8-6-10-9-11(3-4-12(10)15)13(16)5-7-14/h3-4,9,13,16H,2,5-8,14H2,1H3. The Morgan fingerprint density at radius 1 is 1.50 bits per heavy atom. The molecule has 0 aliphatic carbocycles. The molecule has 0 fully saturated rings. The van der Waals surface area contributed by atoms with Crippen molar-refractivity contribution in [2.24, 2.45) is 5.73 Å². The summed E-state index contributed by atoms with van der Waals surface area (Å²) >= 11 is 0. The minimum absolute atomic E-state index is 0.411. The molecule has 3 nitrogen and oxygen atoms in total. The molecule has 0 amide bonds. The van der Waals surface area contributed by atoms with E-state index in [2.05, 4.69) is 24.0 Å². The molecule has 2 rings (SSSR count). The third-order valence-electron chi connectivity index (χ3n) is 3.30. The number of benzene rings is 1. The first-order valence-electron chi connectivity index (χ1n) is 6.02. The highest BCUT2D eigenvalue weighted by molar-refractivity contribution is 5.59. The number of nitrogens with two attached hydrogens (primary N) is 1. The average molecular weight is 220 g/mol. The van der Waals surface area contributed by atoms with Gasteiger partial charge in [0.25, 0.3) is 0 Å². The predicted octanol–water partition coefficient (Wildman–Crippen LogP) is 1.45. The van der Waals surface area contributed by atoms with Gasteiger partial charge in [0, 0.05) is 18.8 Å². The minimum Gasteiger partial charge on any atom is -0.388 e. The quantitative estimate of drug-likeness (QED) is 0.807. The monoisotopic (exact) mass is 220 g/mol. The van der Waals surface area contributed by atoms with Crippen molar-refractivity contribution < 1.29 is 5.11 Å². The molecule has 0 saturated heterocycles. The second kappa shape index (κ2) is 4.85. The summed E-state index contributed by atoms with van der Waals surface area (Å²) in [5.74, 6) is 0. The molecule has 1 atom stereocenters. The van der Waals surface area contributed by atoms with E-state index in [1.165, 1.54) is 11.3 Å². The number of hydrogen-bond donors (Lipinski definition) is 2. The van der Waals surface area contributed by atoms with Gasteiger partial charge in [-0.3, -0.25) is 0 Å². The SMILES string of the molecule is CCN1CCc2cc(C(O)CCN)ccc21. The number of anilines is 1. The summed E-state index contributed by atoms with van der Waals surface area (Å²) in [5.41, 5.74) is 9.14. The molecule has 0 radical (unpaired) electrons. The fraction of sp³-hybridized carbons (Fsp3) is 0.538. The maximum absolute atomic E-state index is 9.88. The highest BCUT2D eigenvalue weighted by Crippen LogP contribution is 2.30. The number of rotatable bonds is 4. The molecule has 1 aliphatic heterocycles. The highest BCUT2D eigenvalue weighted by Gasteiger charge is 2.18. The second-order valence-corrected chi connectivity index (χ2v) is 4.31. The third-order valence-corrected chi connectivity index (χ3v) is 3.30. The van der Waals surface area contributed by atoms with E-state index in [1.807, 2.05) is 6.07 Å². The van der Waals surface area contributed by atoms with Crippen LogP contribution in [0.25, 0.3) is 0 Å². The lowest BCUT2D eigenvalue weighted by molar-refractivity contribution is 0.170. The van der Waals surface area contributed by atoms with E-state index < -0.39 is 6.10 Å². The van der Waals surface area contributed by atoms with Gasteiger partial charge in [-0.05, 0) is 43.5 Å². The molecular formula is C13H20N2O. The molecule has 3 heteroatoms. The van der Waals surface area contributed by atoms with Crippen molar-refractivity contribution in [3.8, 4) is 0 Å². The first kappa shape index (κ1) is 11.4. The first-order chi connectivity index (χ1) is 7.76. The predicted molar refractivity (Wildman–Crippen MR) is 66.7 cm³/mol. The van der Waals surface area contributed by atoms with Crippen molar-refractivity contribution in [1.82, 2.24) is 0 Å². The molecule has 1 aromatic carbocycles. The number of aliphatic hydroxyl groups excluding tert-OH is 1. The summed E-state index contributed by atoms with van der Waals surface area (Å²) in [6.07, 6.45) is 1.31. The minimum atomic E-state index is -0.411. The molecule has 1 unspecified atom stereocenters. The summed E-state index contributed by atoms with van der Waals surface area (Å²) < 4.78 is 0. The Kier molecular flexibility index (Phi) is 3.46. The Morgan fingerprint density at radius 3 is 3.00 bits per heavy atom. The van der Waals surface area contributed by atoms with Crippen LogP contribution in [0.5, 0.6) is 0 Å². The summed E-state index contributed by atoms with van der Waals surface area (Å²) in [6.45, 7) is 4.85. The maximum Gasteiger partial charge on any atom is 0.0802 e. The van der Waals surface area contributed by atoms with E-state index in [-0.39, 0.29) is 0 Å². The Hall–Kier alpha value is -1.06. The maximum atomic E-state index is 9.88. The van der Waals surface area contributed by atoms with Crippen LogP contribution < -0.4 is 10.6 Å². The van der Waals surface area contributed by atoms with Crippen LogP contribution in [0.15, 0.2) is 18.2 Å². The highest BCUT2D eigenvalue weighted by atomic mass is 16.3. The van der Waals surface area contributed by atoms with Crippen molar-refractivity contribution in [3.63, 3.8) is 0 Å². The van der Waals surface area contributed by atoms with Crippen LogP contribution in [0.3, 0.4) is 0 Å². The average Bonchev–Trinajstić information content (AvgIpc) is 2.71. The third kappa shape index (κ3) is 2.06. The molecule has 1 heterocycles. The number of hydrogen-bond acceptors (Lipinski definition) is 3. The largest absolute Gasteiger partial charge is 0.388 e. The van der Waals surface area contributed by atoms with Gasteiger partial charge in [-0.15, -0.1) is 0 Å². The van der Waals surface area contributed by atoms with E-state index in [9.17, 15) is 5.11 Å². The first-order valence-corrected chi connectivity index (χ1v) is 6.02. The zero-order valence-electron chi connectivity index (χ0n) is 9.82. The van der Waals surface area contributed by atoms with Gasteiger partial charge >= 0.3 is 0 Å². The second-order valence-electron chi connectivity index (χ2n) is 4.31. The van der Waals surface area contributed by atoms with Crippen molar-refractivity contribution >= 4 is 5.69 Å². The van der Waals surface area contributed by atoms with E-state index in [0.717, 1.165) is 25.1 Å². The molecule has 0 bridgehead atoms. The summed E-state index contributed by atoms with van der Waals surface area (Å²) in [6, 6.07) is 6.28. The molecule has 3 N–H and O–H groups in total. The normalized spacial score (nSPS) is 16.3. The van der Waals surface area contributed by atoms with E-state index in [4.69, 9.17) is 5.73 Å². The van der Waals surface area contributed by atoms with Gasteiger partial charge in [0.15, 0.2) is 0 Å². The van der Waals surface area contributed by atoms with Crippen LogP contribution in [-0.4, -0.2) is 24.7 Å². The fourth-order valence-electron chi connectivity index (χ4n) is 2.35. The van der Waals surface area contributed by atoms with Crippen molar-refractivity contribution in [1.29, 1.82) is 0 Å². The molecule has 1 aromatic rings. The summed E-state index contributed by atoms with van der Waals surface area (Å²) in [5, 5.41) is 9.88. The van der Waals surface area contributed by atoms with E-state index in [0.29, 0.717) is 13.0 Å². The molecule has 1 aliphatic rings. The van der Waals surface area contributed by atoms with Crippen LogP contribution in [0, 0.1) is 0 Å². The van der Waals surface area contributed by atoms with E-state index in [1.54, 1.807) is 0 Å². The van der Waals surface area contributed by atoms with Crippen LogP contribution in [0.1, 0.15) is 30.6 Å². The Labute approximate surface area is 96.9 Å². The summed E-state index contributed by atoms with van der Waals surface area (Å²) in [4.78, 5) is 2.37. The number of nitrogens with zero attached hydrogens (tertiary/aromatic N) is 1. The van der Waals surface area contributed by atoms with Gasteiger partial charge in [0.1, 0.15) is 0 Å². The fourth-order valence-corrected chi connectivity index (χ4v) is 2.35. The summed E-state index contributed by atoms with van der Waals surface area (Å²) in [7, 11) is 0. The van der Waals surface area contributed by atoms with Gasteiger partial charge in [-0.2, -0.15) is 0 Å². The van der Waals surface area contributed by atoms with Crippen molar-refractivity contribution in [2.75, 3.05) is 24.5 Å². The molecule has 16 heavy (non-hydrogen) atoms. The van der Waals surface area contributed by atoms with Crippen LogP contribution in [0.4, 0.5) is 5.69 Å². The zero-order valence-corrected chi connectivity index (χ0v) is 9.82. The van der Waals surface area contributed by atoms with Crippen LogP contribution >= 0.6 is 0 Å². The van der Waals surface area contributed by atoms with E-state index >= 15 is 0 Å². The number of aliphatic hydroxyl groups is 1. The molecule has 0 aromatic heterocycles. The lowest BCUT2D eigenvalue weighted by Crippen LogP contribution is -2.19. The van der Waals surface area contributed by atoms with Gasteiger partial charge in [-0.25, -0.2) is 0 Å². The lowest BCUT2D eigenvalue weighted by Gasteiger charge is -2.17. The molecule has 88 valence electrons. The van der Waals surface area contributed by atoms with Gasteiger partial charge < -0.3 is 15.7 Å². The van der Waals surface area contributed by atoms with Gasteiger partial charge in [0.2, 0.25) is 0 Å². The number of likely N-dealkylation sites (N-methyl/N-ethyl adjacent to an activating group) is 1. The molecule has 0 spiro atoms. The lowest BCUT2D eigenvalue weighted by atomic mass is 10.0. The molecule has 0 saturated carbocycles. The molecular weight excluding hydrogens is 200 g/mol. The topological polar surface area (TPSA) is 49.5 Å². The number of fused-ring (bicyclic) bond motifs is 1. The van der Waals surface area contributed by atoms with Gasteiger partial charge in [-0.1, -0.05) is 12.1 Å². The van der Waals surface area contributed by atoms with Gasteiger partial charge in [0.05, 0.1) is 6.10 Å². The Bertz CT molecular complexity index is 365. The van der Waals surface area contributed by atoms with Crippen LogP contribution in [0.2, 0.25) is 0 Å². The Balaban J connectivity index is 2.21. The van der Waals surface area contributed by atoms with Crippen LogP contribution in [-0.2, 0) is 6.42 Å².